The Balaban J connectivity index is 1.69. The number of benzene rings is 2. The quantitative estimate of drug-likeness (QED) is 0.787. The maximum Gasteiger partial charge on any atom is 0.238 e. The topological polar surface area (TPSA) is 50.8 Å². The zero-order chi connectivity index (χ0) is 18.5. The van der Waals surface area contributed by atoms with Crippen LogP contribution in [-0.4, -0.2) is 37.6 Å². The average molecular weight is 354 g/mol. The Labute approximate surface area is 154 Å². The van der Waals surface area contributed by atoms with Crippen molar-refractivity contribution in [3.8, 4) is 11.5 Å². The Morgan fingerprint density at radius 3 is 2.54 bits per heavy atom. The number of methoxy groups -OCH3 is 2. The van der Waals surface area contributed by atoms with Gasteiger partial charge in [0.15, 0.2) is 0 Å². The van der Waals surface area contributed by atoms with Gasteiger partial charge >= 0.3 is 0 Å². The second-order valence-corrected chi connectivity index (χ2v) is 6.70. The summed E-state index contributed by atoms with van der Waals surface area (Å²) in [6.07, 6.45) is 2.27. The van der Waals surface area contributed by atoms with E-state index < -0.39 is 0 Å². The summed E-state index contributed by atoms with van der Waals surface area (Å²) in [4.78, 5) is 14.9. The van der Waals surface area contributed by atoms with Gasteiger partial charge in [0, 0.05) is 18.2 Å². The Bertz CT molecular complexity index is 772. The highest BCUT2D eigenvalue weighted by Crippen LogP contribution is 2.30. The van der Waals surface area contributed by atoms with Crippen molar-refractivity contribution in [2.24, 2.45) is 0 Å². The molecule has 1 amide bonds. The van der Waals surface area contributed by atoms with Gasteiger partial charge in [-0.25, -0.2) is 0 Å². The highest BCUT2D eigenvalue weighted by Gasteiger charge is 2.31. The smallest absolute Gasteiger partial charge is 0.238 e. The van der Waals surface area contributed by atoms with Crippen LogP contribution in [0, 0.1) is 6.92 Å². The predicted octanol–water partition coefficient (Wildman–Crippen LogP) is 3.62. The first-order chi connectivity index (χ1) is 12.6. The molecule has 5 nitrogen and oxygen atoms in total. The summed E-state index contributed by atoms with van der Waals surface area (Å²) in [5.74, 6) is 1.50. The van der Waals surface area contributed by atoms with E-state index in [2.05, 4.69) is 16.3 Å². The van der Waals surface area contributed by atoms with E-state index in [0.717, 1.165) is 29.7 Å². The van der Waals surface area contributed by atoms with Crippen LogP contribution in [0.5, 0.6) is 11.5 Å². The summed E-state index contributed by atoms with van der Waals surface area (Å²) in [5.41, 5.74) is 2.89. The number of carbonyl (C=O) groups excluding carboxylic acids is 1. The molecule has 1 N–H and O–H groups in total. The third-order valence-corrected chi connectivity index (χ3v) is 4.60. The van der Waals surface area contributed by atoms with Crippen LogP contribution in [0.15, 0.2) is 42.5 Å². The van der Waals surface area contributed by atoms with Crippen molar-refractivity contribution in [2.75, 3.05) is 26.1 Å². The molecule has 0 heterocycles. The van der Waals surface area contributed by atoms with E-state index in [4.69, 9.17) is 9.47 Å². The lowest BCUT2D eigenvalue weighted by Crippen LogP contribution is -2.34. The SMILES string of the molecule is COc1ccccc1CN(CC(=O)Nc1cc(C)ccc1OC)C1CC1. The molecule has 0 aromatic heterocycles. The van der Waals surface area contributed by atoms with Gasteiger partial charge in [0.05, 0.1) is 26.5 Å². The minimum atomic E-state index is -0.0318. The molecule has 3 rings (SSSR count). The lowest BCUT2D eigenvalue weighted by molar-refractivity contribution is -0.117. The fraction of sp³-hybridized carbons (Fsp3) is 0.381. The zero-order valence-corrected chi connectivity index (χ0v) is 15.6. The molecular formula is C21H26N2O3. The first-order valence-electron chi connectivity index (χ1n) is 8.91. The van der Waals surface area contributed by atoms with Crippen LogP contribution in [0.4, 0.5) is 5.69 Å². The first kappa shape index (κ1) is 18.3. The number of hydrogen-bond donors (Lipinski definition) is 1. The molecule has 138 valence electrons. The second-order valence-electron chi connectivity index (χ2n) is 6.70. The fourth-order valence-corrected chi connectivity index (χ4v) is 3.10. The summed E-state index contributed by atoms with van der Waals surface area (Å²) in [6.45, 7) is 3.04. The highest BCUT2D eigenvalue weighted by atomic mass is 16.5. The Morgan fingerprint density at radius 1 is 1.12 bits per heavy atom. The molecule has 0 spiro atoms. The van der Waals surface area contributed by atoms with Gasteiger partial charge in [-0.2, -0.15) is 0 Å². The lowest BCUT2D eigenvalue weighted by atomic mass is 10.2. The highest BCUT2D eigenvalue weighted by molar-refractivity contribution is 5.93. The van der Waals surface area contributed by atoms with Crippen LogP contribution in [0.25, 0.3) is 0 Å². The summed E-state index contributed by atoms with van der Waals surface area (Å²) in [6, 6.07) is 14.2. The molecule has 0 radical (unpaired) electrons. The molecule has 0 saturated heterocycles. The second kappa shape index (κ2) is 8.23. The summed E-state index contributed by atoms with van der Waals surface area (Å²) in [7, 11) is 3.29. The number of anilines is 1. The molecule has 26 heavy (non-hydrogen) atoms. The Hall–Kier alpha value is -2.53. The van der Waals surface area contributed by atoms with Crippen molar-refractivity contribution in [1.29, 1.82) is 0 Å². The standard InChI is InChI=1S/C21H26N2O3/c1-15-8-11-20(26-3)18(12-15)22-21(24)14-23(17-9-10-17)13-16-6-4-5-7-19(16)25-2/h4-8,11-12,17H,9-10,13-14H2,1-3H3,(H,22,24). The molecular weight excluding hydrogens is 328 g/mol. The van der Waals surface area contributed by atoms with Crippen molar-refractivity contribution < 1.29 is 14.3 Å². The minimum Gasteiger partial charge on any atom is -0.496 e. The van der Waals surface area contributed by atoms with Gasteiger partial charge in [0.2, 0.25) is 5.91 Å². The molecule has 2 aromatic carbocycles. The Kier molecular flexibility index (Phi) is 5.78. The van der Waals surface area contributed by atoms with E-state index in [1.54, 1.807) is 14.2 Å². The number of rotatable bonds is 8. The number of amides is 1. The molecule has 1 saturated carbocycles. The van der Waals surface area contributed by atoms with Gasteiger partial charge in [-0.05, 0) is 43.5 Å². The van der Waals surface area contributed by atoms with E-state index >= 15 is 0 Å². The third-order valence-electron chi connectivity index (χ3n) is 4.60. The minimum absolute atomic E-state index is 0.0318. The van der Waals surface area contributed by atoms with Crippen molar-refractivity contribution in [3.63, 3.8) is 0 Å². The third kappa shape index (κ3) is 4.55. The van der Waals surface area contributed by atoms with Crippen molar-refractivity contribution in [3.05, 3.63) is 53.6 Å². The van der Waals surface area contributed by atoms with E-state index in [0.29, 0.717) is 30.6 Å². The monoisotopic (exact) mass is 354 g/mol. The maximum absolute atomic E-state index is 12.6. The summed E-state index contributed by atoms with van der Waals surface area (Å²) in [5, 5.41) is 2.99. The number of carbonyl (C=O) groups is 1. The summed E-state index contributed by atoms with van der Waals surface area (Å²) >= 11 is 0. The lowest BCUT2D eigenvalue weighted by Gasteiger charge is -2.23. The summed E-state index contributed by atoms with van der Waals surface area (Å²) < 4.78 is 10.8. The van der Waals surface area contributed by atoms with Crippen LogP contribution in [0.2, 0.25) is 0 Å². The number of para-hydroxylation sites is 1. The zero-order valence-electron chi connectivity index (χ0n) is 15.6. The molecule has 0 aliphatic heterocycles. The van der Waals surface area contributed by atoms with Gasteiger partial charge in [-0.1, -0.05) is 24.3 Å². The molecule has 0 unspecified atom stereocenters. The van der Waals surface area contributed by atoms with Gasteiger partial charge < -0.3 is 14.8 Å². The number of ether oxygens (including phenoxy) is 2. The largest absolute Gasteiger partial charge is 0.496 e. The van der Waals surface area contributed by atoms with E-state index in [1.165, 1.54) is 0 Å². The maximum atomic E-state index is 12.6. The average Bonchev–Trinajstić information content (AvgIpc) is 3.47. The van der Waals surface area contributed by atoms with Crippen molar-refractivity contribution in [2.45, 2.75) is 32.4 Å². The van der Waals surface area contributed by atoms with Crippen LogP contribution in [-0.2, 0) is 11.3 Å². The van der Waals surface area contributed by atoms with Crippen molar-refractivity contribution in [1.82, 2.24) is 4.90 Å². The molecule has 2 aromatic rings. The van der Waals surface area contributed by atoms with Crippen LogP contribution < -0.4 is 14.8 Å². The van der Waals surface area contributed by atoms with Gasteiger partial charge in [0.1, 0.15) is 11.5 Å². The molecule has 1 aliphatic carbocycles. The van der Waals surface area contributed by atoms with Gasteiger partial charge in [-0.3, -0.25) is 9.69 Å². The van der Waals surface area contributed by atoms with Gasteiger partial charge in [-0.15, -0.1) is 0 Å². The van der Waals surface area contributed by atoms with Crippen LogP contribution in [0.3, 0.4) is 0 Å². The number of aryl methyl sites for hydroxylation is 1. The molecule has 5 heteroatoms. The number of nitrogens with one attached hydrogen (secondary N) is 1. The normalized spacial score (nSPS) is 13.5. The van der Waals surface area contributed by atoms with E-state index in [1.807, 2.05) is 43.3 Å². The number of hydrogen-bond acceptors (Lipinski definition) is 4. The molecule has 0 atom stereocenters. The molecule has 1 fully saturated rings. The van der Waals surface area contributed by atoms with Crippen LogP contribution in [0.1, 0.15) is 24.0 Å². The first-order valence-corrected chi connectivity index (χ1v) is 8.91. The van der Waals surface area contributed by atoms with Crippen LogP contribution >= 0.6 is 0 Å². The van der Waals surface area contributed by atoms with Crippen molar-refractivity contribution >= 4 is 11.6 Å². The Morgan fingerprint density at radius 2 is 1.85 bits per heavy atom. The van der Waals surface area contributed by atoms with E-state index in [-0.39, 0.29) is 5.91 Å². The molecule has 1 aliphatic rings. The fourth-order valence-electron chi connectivity index (χ4n) is 3.10. The predicted molar refractivity (Wildman–Crippen MR) is 103 cm³/mol. The number of nitrogens with zero attached hydrogens (tertiary/aromatic N) is 1. The molecule has 0 bridgehead atoms. The van der Waals surface area contributed by atoms with Gasteiger partial charge in [0.25, 0.3) is 0 Å². The van der Waals surface area contributed by atoms with E-state index in [9.17, 15) is 4.79 Å².